The summed E-state index contributed by atoms with van der Waals surface area (Å²) in [6.07, 6.45) is 1.42. The lowest BCUT2D eigenvalue weighted by atomic mass is 10.0. The molecule has 3 N–H and O–H groups in total. The minimum absolute atomic E-state index is 0.00329. The van der Waals surface area contributed by atoms with Crippen LogP contribution in [0.15, 0.2) is 56.7 Å². The fourth-order valence-corrected chi connectivity index (χ4v) is 3.40. The van der Waals surface area contributed by atoms with Gasteiger partial charge in [0.05, 0.1) is 22.8 Å². The van der Waals surface area contributed by atoms with Crippen molar-refractivity contribution in [2.75, 3.05) is 11.1 Å². The van der Waals surface area contributed by atoms with Gasteiger partial charge in [0.15, 0.2) is 5.65 Å². The molecule has 0 saturated carbocycles. The van der Waals surface area contributed by atoms with Gasteiger partial charge in [-0.05, 0) is 30.7 Å². The Hall–Kier alpha value is -4.14. The molecule has 0 aliphatic rings. The zero-order chi connectivity index (χ0) is 21.6. The number of hydrogen-bond donors (Lipinski definition) is 2. The van der Waals surface area contributed by atoms with E-state index in [1.54, 1.807) is 24.3 Å². The molecule has 3 aromatic heterocycles. The summed E-state index contributed by atoms with van der Waals surface area (Å²) in [7, 11) is 2.84. The van der Waals surface area contributed by atoms with Gasteiger partial charge in [-0.15, -0.1) is 0 Å². The largest absolute Gasteiger partial charge is 0.464 e. The number of carbonyl (C=O) groups excluding carboxylic acids is 1. The van der Waals surface area contributed by atoms with Crippen molar-refractivity contribution >= 4 is 28.4 Å². The number of nitrogens with one attached hydrogen (secondary N) is 1. The molecule has 0 atom stereocenters. The number of rotatable bonds is 3. The topological polar surface area (TPSA) is 125 Å². The van der Waals surface area contributed by atoms with E-state index >= 15 is 0 Å². The number of fused-ring (bicyclic) bond motifs is 1. The van der Waals surface area contributed by atoms with Crippen molar-refractivity contribution in [3.63, 3.8) is 0 Å². The molecule has 4 rings (SSSR count). The van der Waals surface area contributed by atoms with E-state index in [0.29, 0.717) is 5.69 Å². The molecule has 0 unspecified atom stereocenters. The molecular formula is C21H19N5O4. The quantitative estimate of drug-likeness (QED) is 0.537. The first-order chi connectivity index (χ1) is 14.3. The Labute approximate surface area is 170 Å². The Kier molecular flexibility index (Phi) is 4.50. The van der Waals surface area contributed by atoms with E-state index in [1.807, 2.05) is 19.1 Å². The number of para-hydroxylation sites is 1. The van der Waals surface area contributed by atoms with Gasteiger partial charge in [0.2, 0.25) is 0 Å². The molecule has 3 heterocycles. The van der Waals surface area contributed by atoms with Gasteiger partial charge in [0, 0.05) is 19.8 Å². The number of nitrogens with two attached hydrogens (primary N) is 1. The Morgan fingerprint density at radius 1 is 1.10 bits per heavy atom. The van der Waals surface area contributed by atoms with E-state index in [1.165, 1.54) is 24.9 Å². The van der Waals surface area contributed by atoms with Gasteiger partial charge >= 0.3 is 5.69 Å². The van der Waals surface area contributed by atoms with Crippen LogP contribution < -0.4 is 22.3 Å². The van der Waals surface area contributed by atoms with Crippen molar-refractivity contribution in [2.45, 2.75) is 6.92 Å². The molecule has 1 amide bonds. The molecule has 0 bridgehead atoms. The third-order valence-corrected chi connectivity index (χ3v) is 5.00. The van der Waals surface area contributed by atoms with Gasteiger partial charge in [-0.3, -0.25) is 18.7 Å². The van der Waals surface area contributed by atoms with Crippen molar-refractivity contribution in [2.24, 2.45) is 14.1 Å². The van der Waals surface area contributed by atoms with Crippen molar-refractivity contribution < 1.29 is 9.21 Å². The highest BCUT2D eigenvalue weighted by Crippen LogP contribution is 2.33. The summed E-state index contributed by atoms with van der Waals surface area (Å²) in [5.74, 6) is -0.401. The number of carbonyl (C=O) groups is 1. The fraction of sp³-hybridized carbons (Fsp3) is 0.143. The Balaban J connectivity index is 2.08. The molecule has 30 heavy (non-hydrogen) atoms. The van der Waals surface area contributed by atoms with Crippen LogP contribution in [0.1, 0.15) is 15.9 Å². The lowest BCUT2D eigenvalue weighted by Gasteiger charge is -2.16. The molecule has 0 radical (unpaired) electrons. The molecular weight excluding hydrogens is 386 g/mol. The van der Waals surface area contributed by atoms with Gasteiger partial charge in [0.25, 0.3) is 11.5 Å². The van der Waals surface area contributed by atoms with Gasteiger partial charge in [-0.25, -0.2) is 9.78 Å². The van der Waals surface area contributed by atoms with Crippen LogP contribution in [0.3, 0.4) is 0 Å². The third-order valence-electron chi connectivity index (χ3n) is 5.00. The minimum atomic E-state index is -0.600. The number of aromatic nitrogens is 3. The average molecular weight is 405 g/mol. The van der Waals surface area contributed by atoms with Crippen LogP contribution >= 0.6 is 0 Å². The van der Waals surface area contributed by atoms with Crippen LogP contribution in [0.25, 0.3) is 22.4 Å². The van der Waals surface area contributed by atoms with Crippen LogP contribution in [-0.2, 0) is 14.1 Å². The van der Waals surface area contributed by atoms with Gasteiger partial charge < -0.3 is 15.5 Å². The number of pyridine rings is 1. The first-order valence-electron chi connectivity index (χ1n) is 9.11. The summed E-state index contributed by atoms with van der Waals surface area (Å²) in [4.78, 5) is 42.8. The highest BCUT2D eigenvalue weighted by atomic mass is 16.3. The SMILES string of the molecule is Cc1ccccc1NC(=O)c1c(N)nc2c(c1-c1ccco1)c(=O)n(C)c(=O)n2C. The van der Waals surface area contributed by atoms with Crippen molar-refractivity contribution in [3.05, 3.63) is 74.6 Å². The Morgan fingerprint density at radius 2 is 1.83 bits per heavy atom. The molecule has 9 heteroatoms. The Bertz CT molecular complexity index is 1410. The predicted octanol–water partition coefficient (Wildman–Crippen LogP) is 2.04. The maximum atomic E-state index is 13.2. The molecule has 9 nitrogen and oxygen atoms in total. The first kappa shape index (κ1) is 19.2. The van der Waals surface area contributed by atoms with E-state index in [2.05, 4.69) is 10.3 Å². The molecule has 0 aliphatic heterocycles. The summed E-state index contributed by atoms with van der Waals surface area (Å²) in [5.41, 5.74) is 6.71. The molecule has 0 aliphatic carbocycles. The van der Waals surface area contributed by atoms with Gasteiger partial charge in [-0.1, -0.05) is 18.2 Å². The summed E-state index contributed by atoms with van der Waals surface area (Å²) < 4.78 is 7.68. The summed E-state index contributed by atoms with van der Waals surface area (Å²) in [6.45, 7) is 1.86. The van der Waals surface area contributed by atoms with Gasteiger partial charge in [-0.2, -0.15) is 0 Å². The third kappa shape index (κ3) is 2.87. The lowest BCUT2D eigenvalue weighted by Crippen LogP contribution is -2.38. The summed E-state index contributed by atoms with van der Waals surface area (Å²) in [5, 5.41) is 2.88. The zero-order valence-electron chi connectivity index (χ0n) is 16.6. The van der Waals surface area contributed by atoms with Crippen LogP contribution in [0.5, 0.6) is 0 Å². The highest BCUT2D eigenvalue weighted by Gasteiger charge is 2.27. The molecule has 0 saturated heterocycles. The summed E-state index contributed by atoms with van der Waals surface area (Å²) in [6, 6.07) is 10.5. The van der Waals surface area contributed by atoms with Crippen LogP contribution in [-0.4, -0.2) is 20.0 Å². The van der Waals surface area contributed by atoms with Crippen LogP contribution in [0.2, 0.25) is 0 Å². The monoisotopic (exact) mass is 405 g/mol. The predicted molar refractivity (Wildman–Crippen MR) is 113 cm³/mol. The second kappa shape index (κ2) is 7.03. The number of anilines is 2. The van der Waals surface area contributed by atoms with Crippen LogP contribution in [0, 0.1) is 6.92 Å². The molecule has 4 aromatic rings. The smallest absolute Gasteiger partial charge is 0.332 e. The number of amides is 1. The first-order valence-corrected chi connectivity index (χ1v) is 9.11. The second-order valence-electron chi connectivity index (χ2n) is 6.90. The minimum Gasteiger partial charge on any atom is -0.464 e. The lowest BCUT2D eigenvalue weighted by molar-refractivity contribution is 0.102. The number of nitrogens with zero attached hydrogens (tertiary/aromatic N) is 3. The number of benzene rings is 1. The molecule has 0 fully saturated rings. The van der Waals surface area contributed by atoms with Crippen molar-refractivity contribution in [1.82, 2.24) is 14.1 Å². The average Bonchev–Trinajstić information content (AvgIpc) is 3.26. The maximum absolute atomic E-state index is 13.2. The number of nitrogen functional groups attached to an aromatic ring is 1. The van der Waals surface area contributed by atoms with E-state index in [9.17, 15) is 14.4 Å². The molecule has 0 spiro atoms. The molecule has 152 valence electrons. The maximum Gasteiger partial charge on any atom is 0.332 e. The van der Waals surface area contributed by atoms with Crippen molar-refractivity contribution in [1.29, 1.82) is 0 Å². The number of furan rings is 1. The van der Waals surface area contributed by atoms with E-state index in [4.69, 9.17) is 10.2 Å². The van der Waals surface area contributed by atoms with Crippen molar-refractivity contribution in [3.8, 4) is 11.3 Å². The second-order valence-corrected chi connectivity index (χ2v) is 6.90. The highest BCUT2D eigenvalue weighted by molar-refractivity contribution is 6.15. The molecule has 1 aromatic carbocycles. The number of aryl methyl sites for hydroxylation is 2. The van der Waals surface area contributed by atoms with Gasteiger partial charge in [0.1, 0.15) is 11.6 Å². The zero-order valence-corrected chi connectivity index (χ0v) is 16.6. The fourth-order valence-electron chi connectivity index (χ4n) is 3.40. The Morgan fingerprint density at radius 3 is 2.50 bits per heavy atom. The van der Waals surface area contributed by atoms with E-state index < -0.39 is 17.2 Å². The van der Waals surface area contributed by atoms with E-state index in [0.717, 1.165) is 10.1 Å². The van der Waals surface area contributed by atoms with Crippen LogP contribution in [0.4, 0.5) is 11.5 Å². The number of hydrogen-bond acceptors (Lipinski definition) is 6. The van der Waals surface area contributed by atoms with E-state index in [-0.39, 0.29) is 33.7 Å². The standard InChI is InChI=1S/C21H19N5O4/c1-11-7-4-5-8-12(11)23-19(27)15-14(13-9-6-10-30-13)16-18(24-17(15)22)25(2)21(29)26(3)20(16)28/h4-10H,1-3H3,(H2,22,24)(H,23,27). The summed E-state index contributed by atoms with van der Waals surface area (Å²) >= 11 is 0. The normalized spacial score (nSPS) is 11.0.